The van der Waals surface area contributed by atoms with Crippen molar-refractivity contribution < 1.29 is 4.79 Å². The molecule has 0 aliphatic carbocycles. The largest absolute Gasteiger partial charge is 0.279 e. The minimum absolute atomic E-state index is 0.202. The molecule has 2 rings (SSSR count). The molecule has 2 aromatic carbocycles. The third-order valence-electron chi connectivity index (χ3n) is 2.48. The second-order valence-electron chi connectivity index (χ2n) is 3.95. The molecule has 0 aromatic heterocycles. The summed E-state index contributed by atoms with van der Waals surface area (Å²) >= 11 is 5.76. The van der Waals surface area contributed by atoms with E-state index in [-0.39, 0.29) is 5.78 Å². The van der Waals surface area contributed by atoms with Gasteiger partial charge in [0.05, 0.1) is 0 Å². The number of hydrogen-bond donors (Lipinski definition) is 0. The predicted octanol–water partition coefficient (Wildman–Crippen LogP) is 3.88. The Hall–Kier alpha value is -2.04. The number of rotatable bonds is 1. The highest BCUT2D eigenvalue weighted by Crippen LogP contribution is 2.09. The molecular weight excluding hydrogens is 244 g/mol. The molecule has 0 aliphatic rings. The van der Waals surface area contributed by atoms with Crippen LogP contribution in [0.5, 0.6) is 0 Å². The van der Waals surface area contributed by atoms with Crippen molar-refractivity contribution in [2.24, 2.45) is 0 Å². The summed E-state index contributed by atoms with van der Waals surface area (Å²) in [5.41, 5.74) is 2.56. The van der Waals surface area contributed by atoms with Gasteiger partial charge in [-0.05, 0) is 49.2 Å². The van der Waals surface area contributed by atoms with Gasteiger partial charge in [-0.15, -0.1) is 0 Å². The van der Waals surface area contributed by atoms with Crippen molar-refractivity contribution in [3.05, 3.63) is 70.2 Å². The lowest BCUT2D eigenvalue weighted by Gasteiger charge is -1.94. The molecular formula is C16H11ClO. The van der Waals surface area contributed by atoms with Crippen LogP contribution < -0.4 is 0 Å². The van der Waals surface area contributed by atoms with Crippen LogP contribution in [0.1, 0.15) is 21.5 Å². The van der Waals surface area contributed by atoms with Gasteiger partial charge < -0.3 is 0 Å². The molecule has 0 heterocycles. The number of aryl methyl sites for hydroxylation is 1. The molecule has 0 spiro atoms. The number of ketones is 1. The fourth-order valence-electron chi connectivity index (χ4n) is 1.44. The topological polar surface area (TPSA) is 17.1 Å². The summed E-state index contributed by atoms with van der Waals surface area (Å²) in [5.74, 6) is 5.27. The summed E-state index contributed by atoms with van der Waals surface area (Å²) in [6, 6.07) is 14.5. The molecule has 1 nitrogen and oxygen atoms in total. The van der Waals surface area contributed by atoms with Gasteiger partial charge >= 0.3 is 0 Å². The summed E-state index contributed by atoms with van der Waals surface area (Å²) in [5, 5.41) is 0.609. The van der Waals surface area contributed by atoms with E-state index in [1.54, 1.807) is 24.3 Å². The van der Waals surface area contributed by atoms with E-state index in [4.69, 9.17) is 11.6 Å². The van der Waals surface area contributed by atoms with Crippen molar-refractivity contribution in [2.45, 2.75) is 6.92 Å². The monoisotopic (exact) mass is 254 g/mol. The van der Waals surface area contributed by atoms with Gasteiger partial charge in [0.1, 0.15) is 0 Å². The summed E-state index contributed by atoms with van der Waals surface area (Å²) in [7, 11) is 0. The van der Waals surface area contributed by atoms with Crippen LogP contribution in [0.3, 0.4) is 0 Å². The van der Waals surface area contributed by atoms with E-state index in [1.165, 1.54) is 5.56 Å². The van der Waals surface area contributed by atoms with Gasteiger partial charge in [0.25, 0.3) is 0 Å². The van der Waals surface area contributed by atoms with Crippen LogP contribution in [-0.2, 0) is 0 Å². The van der Waals surface area contributed by atoms with Gasteiger partial charge in [-0.3, -0.25) is 4.79 Å². The van der Waals surface area contributed by atoms with E-state index in [0.717, 1.165) is 5.56 Å². The SMILES string of the molecule is Cc1ccc(C#CC(=O)c2ccc(Cl)cc2)cc1. The van der Waals surface area contributed by atoms with Crippen molar-refractivity contribution in [2.75, 3.05) is 0 Å². The standard InChI is InChI=1S/C16H11ClO/c1-12-2-4-13(5-3-12)6-11-16(18)14-7-9-15(17)10-8-14/h2-5,7-10H,1H3. The summed E-state index contributed by atoms with van der Waals surface area (Å²) < 4.78 is 0. The van der Waals surface area contributed by atoms with Crippen LogP contribution in [0.15, 0.2) is 48.5 Å². The molecule has 0 atom stereocenters. The maximum atomic E-state index is 11.8. The zero-order valence-corrected chi connectivity index (χ0v) is 10.7. The first-order valence-electron chi connectivity index (χ1n) is 5.54. The Morgan fingerprint density at radius 3 is 2.22 bits per heavy atom. The van der Waals surface area contributed by atoms with Crippen LogP contribution in [0.4, 0.5) is 0 Å². The molecule has 2 aromatic rings. The number of carbonyl (C=O) groups is 1. The minimum Gasteiger partial charge on any atom is -0.279 e. The molecule has 0 bridgehead atoms. The Balaban J connectivity index is 2.17. The first kappa shape index (κ1) is 12.4. The smallest absolute Gasteiger partial charge is 0.236 e. The van der Waals surface area contributed by atoms with Crippen LogP contribution in [0, 0.1) is 18.8 Å². The first-order valence-corrected chi connectivity index (χ1v) is 5.91. The van der Waals surface area contributed by atoms with Crippen LogP contribution >= 0.6 is 11.6 Å². The van der Waals surface area contributed by atoms with Crippen molar-refractivity contribution in [1.82, 2.24) is 0 Å². The fraction of sp³-hybridized carbons (Fsp3) is 0.0625. The highest BCUT2D eigenvalue weighted by Gasteiger charge is 2.00. The lowest BCUT2D eigenvalue weighted by Crippen LogP contribution is -1.94. The van der Waals surface area contributed by atoms with Crippen LogP contribution in [-0.4, -0.2) is 5.78 Å². The number of benzene rings is 2. The van der Waals surface area contributed by atoms with Gasteiger partial charge in [0.2, 0.25) is 5.78 Å². The number of Topliss-reactive ketones (excluding diaryl/α,β-unsaturated/α-hetero) is 1. The van der Waals surface area contributed by atoms with Crippen LogP contribution in [0.25, 0.3) is 0 Å². The van der Waals surface area contributed by atoms with E-state index in [9.17, 15) is 4.79 Å². The Bertz CT molecular complexity index is 613. The molecule has 0 radical (unpaired) electrons. The average molecular weight is 255 g/mol. The Morgan fingerprint density at radius 1 is 1.00 bits per heavy atom. The fourth-order valence-corrected chi connectivity index (χ4v) is 1.57. The summed E-state index contributed by atoms with van der Waals surface area (Å²) in [6.45, 7) is 2.01. The van der Waals surface area contributed by atoms with Gasteiger partial charge in [-0.2, -0.15) is 0 Å². The zero-order valence-electron chi connectivity index (χ0n) is 9.91. The maximum absolute atomic E-state index is 11.8. The maximum Gasteiger partial charge on any atom is 0.236 e. The normalized spacial score (nSPS) is 9.44. The molecule has 0 saturated carbocycles. The molecule has 2 heteroatoms. The third-order valence-corrected chi connectivity index (χ3v) is 2.73. The van der Waals surface area contributed by atoms with Gasteiger partial charge in [-0.1, -0.05) is 35.2 Å². The van der Waals surface area contributed by atoms with E-state index < -0.39 is 0 Å². The summed E-state index contributed by atoms with van der Waals surface area (Å²) in [6.07, 6.45) is 0. The molecule has 0 fully saturated rings. The van der Waals surface area contributed by atoms with Gasteiger partial charge in [0, 0.05) is 16.1 Å². The molecule has 0 N–H and O–H groups in total. The van der Waals surface area contributed by atoms with Crippen molar-refractivity contribution >= 4 is 17.4 Å². The number of halogens is 1. The Labute approximate surface area is 111 Å². The quantitative estimate of drug-likeness (QED) is 0.558. The molecule has 0 saturated heterocycles. The third kappa shape index (κ3) is 3.23. The molecule has 0 aliphatic heterocycles. The Morgan fingerprint density at radius 2 is 1.61 bits per heavy atom. The number of carbonyl (C=O) groups excluding carboxylic acids is 1. The molecule has 88 valence electrons. The predicted molar refractivity (Wildman–Crippen MR) is 73.8 cm³/mol. The van der Waals surface area contributed by atoms with Gasteiger partial charge in [0.15, 0.2) is 0 Å². The lowest BCUT2D eigenvalue weighted by atomic mass is 10.1. The van der Waals surface area contributed by atoms with Crippen LogP contribution in [0.2, 0.25) is 5.02 Å². The molecule has 18 heavy (non-hydrogen) atoms. The first-order chi connectivity index (χ1) is 8.65. The zero-order chi connectivity index (χ0) is 13.0. The van der Waals surface area contributed by atoms with Gasteiger partial charge in [-0.25, -0.2) is 0 Å². The van der Waals surface area contributed by atoms with E-state index in [0.29, 0.717) is 10.6 Å². The van der Waals surface area contributed by atoms with E-state index >= 15 is 0 Å². The second-order valence-corrected chi connectivity index (χ2v) is 4.39. The van der Waals surface area contributed by atoms with Crippen molar-refractivity contribution in [3.63, 3.8) is 0 Å². The average Bonchev–Trinajstić information content (AvgIpc) is 2.38. The molecule has 0 amide bonds. The lowest BCUT2D eigenvalue weighted by molar-refractivity contribution is 0.105. The van der Waals surface area contributed by atoms with Crippen molar-refractivity contribution in [3.8, 4) is 11.8 Å². The molecule has 0 unspecified atom stereocenters. The summed E-state index contributed by atoms with van der Waals surface area (Å²) in [4.78, 5) is 11.8. The Kier molecular flexibility index (Phi) is 3.82. The van der Waals surface area contributed by atoms with Crippen molar-refractivity contribution in [1.29, 1.82) is 0 Å². The minimum atomic E-state index is -0.202. The highest BCUT2D eigenvalue weighted by atomic mass is 35.5. The number of hydrogen-bond acceptors (Lipinski definition) is 1. The second kappa shape index (κ2) is 5.53. The highest BCUT2D eigenvalue weighted by molar-refractivity contribution is 6.30. The van der Waals surface area contributed by atoms with E-state index in [2.05, 4.69) is 11.8 Å². The van der Waals surface area contributed by atoms with E-state index in [1.807, 2.05) is 31.2 Å².